The molecule has 1 heterocycles. The lowest BCUT2D eigenvalue weighted by atomic mass is 9.95. The monoisotopic (exact) mass is 444 g/mol. The number of aliphatic hydroxyl groups excluding tert-OH is 1. The first-order valence-corrected chi connectivity index (χ1v) is 11.4. The summed E-state index contributed by atoms with van der Waals surface area (Å²) < 4.78 is 24.9. The fourth-order valence-electron chi connectivity index (χ4n) is 3.20. The first-order valence-electron chi connectivity index (χ1n) is 9.19. The summed E-state index contributed by atoms with van der Waals surface area (Å²) in [4.78, 5) is 16.0. The second-order valence-corrected chi connectivity index (χ2v) is 9.57. The standard InChI is InChI=1S/C22H21ClN2O4S/c1-14(26)12-30(28,29)13-17-6-5-16(22(24)27)11-18(17)15-7-8-20(23)19(10-15)21-4-2-3-9-25-21/h2-11,14,26H,12-13H2,1H3,(H2,24,27). The molecule has 1 atom stereocenters. The number of rotatable bonds is 7. The zero-order chi connectivity index (χ0) is 21.9. The number of hydrogen-bond donors (Lipinski definition) is 2. The van der Waals surface area contributed by atoms with E-state index in [2.05, 4.69) is 4.98 Å². The molecule has 156 valence electrons. The number of aliphatic hydroxyl groups is 1. The van der Waals surface area contributed by atoms with Crippen LogP contribution in [0.4, 0.5) is 0 Å². The average molecular weight is 445 g/mol. The van der Waals surface area contributed by atoms with Gasteiger partial charge in [0.1, 0.15) is 0 Å². The van der Waals surface area contributed by atoms with Gasteiger partial charge in [-0.25, -0.2) is 8.42 Å². The van der Waals surface area contributed by atoms with Crippen LogP contribution in [0, 0.1) is 0 Å². The Morgan fingerprint density at radius 1 is 1.13 bits per heavy atom. The van der Waals surface area contributed by atoms with Crippen LogP contribution in [0.2, 0.25) is 5.02 Å². The molecule has 1 amide bonds. The Labute approximate surface area is 180 Å². The summed E-state index contributed by atoms with van der Waals surface area (Å²) in [5.41, 5.74) is 8.75. The second-order valence-electron chi connectivity index (χ2n) is 7.05. The summed E-state index contributed by atoms with van der Waals surface area (Å²) in [6.07, 6.45) is 0.676. The van der Waals surface area contributed by atoms with Crippen LogP contribution in [-0.4, -0.2) is 36.3 Å². The maximum absolute atomic E-state index is 12.5. The first-order chi connectivity index (χ1) is 14.2. The third-order valence-corrected chi connectivity index (χ3v) is 6.55. The van der Waals surface area contributed by atoms with Crippen molar-refractivity contribution in [3.8, 4) is 22.4 Å². The van der Waals surface area contributed by atoms with Crippen molar-refractivity contribution in [2.75, 3.05) is 5.75 Å². The van der Waals surface area contributed by atoms with Crippen LogP contribution in [0.5, 0.6) is 0 Å². The number of nitrogens with two attached hydrogens (primary N) is 1. The van der Waals surface area contributed by atoms with E-state index < -0.39 is 21.8 Å². The normalized spacial score (nSPS) is 12.5. The van der Waals surface area contributed by atoms with Crippen LogP contribution >= 0.6 is 11.6 Å². The maximum atomic E-state index is 12.5. The van der Waals surface area contributed by atoms with Crippen molar-refractivity contribution in [1.82, 2.24) is 4.98 Å². The first kappa shape index (κ1) is 22.0. The molecule has 3 N–H and O–H groups in total. The van der Waals surface area contributed by atoms with Gasteiger partial charge in [0.05, 0.1) is 23.3 Å². The molecule has 6 nitrogen and oxygen atoms in total. The van der Waals surface area contributed by atoms with Gasteiger partial charge in [0.15, 0.2) is 9.84 Å². The summed E-state index contributed by atoms with van der Waals surface area (Å²) in [7, 11) is -3.57. The third-order valence-electron chi connectivity index (χ3n) is 4.48. The van der Waals surface area contributed by atoms with Crippen molar-refractivity contribution in [2.24, 2.45) is 5.73 Å². The molecule has 0 bridgehead atoms. The largest absolute Gasteiger partial charge is 0.392 e. The maximum Gasteiger partial charge on any atom is 0.248 e. The highest BCUT2D eigenvalue weighted by Gasteiger charge is 2.19. The summed E-state index contributed by atoms with van der Waals surface area (Å²) in [6.45, 7) is 1.42. The Kier molecular flexibility index (Phi) is 6.55. The molecule has 0 spiro atoms. The van der Waals surface area contributed by atoms with Crippen molar-refractivity contribution in [1.29, 1.82) is 0 Å². The van der Waals surface area contributed by atoms with Crippen molar-refractivity contribution >= 4 is 27.3 Å². The number of amides is 1. The van der Waals surface area contributed by atoms with E-state index in [0.29, 0.717) is 33.0 Å². The number of carbonyl (C=O) groups excluding carboxylic acids is 1. The molecule has 0 radical (unpaired) electrons. The minimum absolute atomic E-state index is 0.260. The predicted octanol–water partition coefficient (Wildman–Crippen LogP) is 3.46. The van der Waals surface area contributed by atoms with Gasteiger partial charge in [0.25, 0.3) is 0 Å². The van der Waals surface area contributed by atoms with Crippen LogP contribution in [0.3, 0.4) is 0 Å². The van der Waals surface area contributed by atoms with Crippen LogP contribution in [-0.2, 0) is 15.6 Å². The predicted molar refractivity (Wildman–Crippen MR) is 118 cm³/mol. The number of nitrogens with zero attached hydrogens (tertiary/aromatic N) is 1. The number of aromatic nitrogens is 1. The Balaban J connectivity index is 2.14. The smallest absolute Gasteiger partial charge is 0.248 e. The van der Waals surface area contributed by atoms with Crippen molar-refractivity contribution in [3.63, 3.8) is 0 Å². The number of benzene rings is 2. The summed E-state index contributed by atoms with van der Waals surface area (Å²) in [6, 6.07) is 15.3. The lowest BCUT2D eigenvalue weighted by molar-refractivity contribution is 0.100. The Hall–Kier alpha value is -2.74. The number of halogens is 1. The van der Waals surface area contributed by atoms with E-state index in [0.717, 1.165) is 0 Å². The van der Waals surface area contributed by atoms with Crippen molar-refractivity contribution < 1.29 is 18.3 Å². The van der Waals surface area contributed by atoms with Crippen LogP contribution in [0.25, 0.3) is 22.4 Å². The lowest BCUT2D eigenvalue weighted by Crippen LogP contribution is -2.19. The van der Waals surface area contributed by atoms with Crippen molar-refractivity contribution in [2.45, 2.75) is 18.8 Å². The summed E-state index contributed by atoms with van der Waals surface area (Å²) >= 11 is 6.37. The molecule has 3 rings (SSSR count). The van der Waals surface area contributed by atoms with E-state index in [1.807, 2.05) is 12.1 Å². The Morgan fingerprint density at radius 3 is 2.53 bits per heavy atom. The number of primary amides is 1. The highest BCUT2D eigenvalue weighted by molar-refractivity contribution is 7.90. The van der Waals surface area contributed by atoms with Gasteiger partial charge in [-0.2, -0.15) is 0 Å². The second kappa shape index (κ2) is 8.95. The summed E-state index contributed by atoms with van der Waals surface area (Å²) in [5, 5.41) is 9.99. The fourth-order valence-corrected chi connectivity index (χ4v) is 4.99. The fraction of sp³-hybridized carbons (Fsp3) is 0.182. The van der Waals surface area contributed by atoms with Gasteiger partial charge in [0.2, 0.25) is 5.91 Å². The van der Waals surface area contributed by atoms with E-state index >= 15 is 0 Å². The molecule has 30 heavy (non-hydrogen) atoms. The highest BCUT2D eigenvalue weighted by atomic mass is 35.5. The molecule has 0 aliphatic rings. The molecule has 2 aromatic carbocycles. The molecule has 0 fully saturated rings. The molecule has 1 unspecified atom stereocenters. The van der Waals surface area contributed by atoms with E-state index in [-0.39, 0.29) is 17.1 Å². The van der Waals surface area contributed by atoms with Gasteiger partial charge >= 0.3 is 0 Å². The highest BCUT2D eigenvalue weighted by Crippen LogP contribution is 2.34. The minimum Gasteiger partial charge on any atom is -0.392 e. The SMILES string of the molecule is CC(O)CS(=O)(=O)Cc1ccc(C(N)=O)cc1-c1ccc(Cl)c(-c2ccccn2)c1. The molecule has 0 saturated carbocycles. The zero-order valence-electron chi connectivity index (χ0n) is 16.2. The lowest BCUT2D eigenvalue weighted by Gasteiger charge is -2.14. The number of sulfone groups is 1. The average Bonchev–Trinajstić information content (AvgIpc) is 2.68. The number of hydrogen-bond acceptors (Lipinski definition) is 5. The van der Waals surface area contributed by atoms with Crippen LogP contribution in [0.1, 0.15) is 22.8 Å². The van der Waals surface area contributed by atoms with Crippen molar-refractivity contribution in [3.05, 3.63) is 76.9 Å². The van der Waals surface area contributed by atoms with E-state index in [1.54, 1.807) is 42.6 Å². The van der Waals surface area contributed by atoms with Gasteiger partial charge in [-0.05, 0) is 60.0 Å². The molecular weight excluding hydrogens is 424 g/mol. The molecule has 1 aromatic heterocycles. The van der Waals surface area contributed by atoms with Gasteiger partial charge in [-0.3, -0.25) is 9.78 Å². The topological polar surface area (TPSA) is 110 Å². The van der Waals surface area contributed by atoms with Crippen LogP contribution < -0.4 is 5.73 Å². The quantitative estimate of drug-likeness (QED) is 0.579. The molecule has 0 saturated heterocycles. The van der Waals surface area contributed by atoms with Gasteiger partial charge < -0.3 is 10.8 Å². The molecule has 0 aliphatic carbocycles. The van der Waals surface area contributed by atoms with Gasteiger partial charge in [-0.15, -0.1) is 0 Å². The molecule has 3 aromatic rings. The van der Waals surface area contributed by atoms with Crippen LogP contribution in [0.15, 0.2) is 60.8 Å². The Morgan fingerprint density at radius 2 is 1.90 bits per heavy atom. The Bertz CT molecular complexity index is 1180. The van der Waals surface area contributed by atoms with Gasteiger partial charge in [0, 0.05) is 22.3 Å². The van der Waals surface area contributed by atoms with E-state index in [9.17, 15) is 18.3 Å². The molecule has 0 aliphatic heterocycles. The molecule has 8 heteroatoms. The minimum atomic E-state index is -3.57. The van der Waals surface area contributed by atoms with E-state index in [1.165, 1.54) is 13.0 Å². The number of pyridine rings is 1. The number of carbonyl (C=O) groups is 1. The van der Waals surface area contributed by atoms with Gasteiger partial charge in [-0.1, -0.05) is 29.8 Å². The molecular formula is C22H21ClN2O4S. The van der Waals surface area contributed by atoms with E-state index in [4.69, 9.17) is 17.3 Å². The third kappa shape index (κ3) is 5.24. The zero-order valence-corrected chi connectivity index (χ0v) is 17.8. The summed E-state index contributed by atoms with van der Waals surface area (Å²) in [5.74, 6) is -1.26.